The monoisotopic (exact) mass is 206 g/mol. The van der Waals surface area contributed by atoms with Crippen LogP contribution in [0.1, 0.15) is 6.92 Å². The highest BCUT2D eigenvalue weighted by Crippen LogP contribution is 2.20. The predicted octanol–water partition coefficient (Wildman–Crippen LogP) is 0.851. The maximum Gasteiger partial charge on any atom is 0.226 e. The van der Waals surface area contributed by atoms with Gasteiger partial charge in [-0.2, -0.15) is 9.97 Å². The normalized spacial score (nSPS) is 10.6. The van der Waals surface area contributed by atoms with Crippen molar-refractivity contribution in [2.45, 2.75) is 6.92 Å². The summed E-state index contributed by atoms with van der Waals surface area (Å²) in [6, 6.07) is 0. The second kappa shape index (κ2) is 3.72. The molecule has 0 aliphatic rings. The van der Waals surface area contributed by atoms with Crippen molar-refractivity contribution in [1.29, 1.82) is 0 Å². The van der Waals surface area contributed by atoms with Crippen LogP contribution in [0.25, 0.3) is 11.2 Å². The van der Waals surface area contributed by atoms with Gasteiger partial charge in [-0.3, -0.25) is 0 Å². The van der Waals surface area contributed by atoms with E-state index >= 15 is 0 Å². The third kappa shape index (κ3) is 1.58. The largest absolute Gasteiger partial charge is 0.358 e. The summed E-state index contributed by atoms with van der Waals surface area (Å²) in [5.74, 6) is 1.45. The molecule has 0 aromatic carbocycles. The summed E-state index contributed by atoms with van der Waals surface area (Å²) in [5, 5.41) is 2.93. The first kappa shape index (κ1) is 9.70. The zero-order valence-electron chi connectivity index (χ0n) is 9.07. The number of hydrogen-bond donors (Lipinski definition) is 2. The Morgan fingerprint density at radius 2 is 2.27 bits per heavy atom. The van der Waals surface area contributed by atoms with Gasteiger partial charge >= 0.3 is 0 Å². The van der Waals surface area contributed by atoms with E-state index in [1.165, 1.54) is 0 Å². The fraction of sp³-hybridized carbons (Fsp3) is 0.444. The molecule has 0 bridgehead atoms. The summed E-state index contributed by atoms with van der Waals surface area (Å²) >= 11 is 0. The third-order valence-corrected chi connectivity index (χ3v) is 2.33. The SMILES string of the molecule is CCN(C)c1nc(NC)nc2nc[nH]c12. The van der Waals surface area contributed by atoms with Crippen LogP contribution in [0, 0.1) is 0 Å². The van der Waals surface area contributed by atoms with E-state index in [-0.39, 0.29) is 0 Å². The summed E-state index contributed by atoms with van der Waals surface area (Å²) < 4.78 is 0. The van der Waals surface area contributed by atoms with Gasteiger partial charge in [0, 0.05) is 20.6 Å². The Kier molecular flexibility index (Phi) is 2.40. The molecule has 0 atom stereocenters. The number of anilines is 2. The fourth-order valence-electron chi connectivity index (χ4n) is 1.36. The maximum absolute atomic E-state index is 4.39. The second-order valence-corrected chi connectivity index (χ2v) is 3.24. The van der Waals surface area contributed by atoms with Crippen LogP contribution in [0.2, 0.25) is 0 Å². The molecule has 2 aromatic rings. The number of hydrogen-bond acceptors (Lipinski definition) is 5. The first-order chi connectivity index (χ1) is 7.26. The minimum absolute atomic E-state index is 0.588. The number of nitrogens with zero attached hydrogens (tertiary/aromatic N) is 4. The number of nitrogens with one attached hydrogen (secondary N) is 2. The number of rotatable bonds is 3. The zero-order chi connectivity index (χ0) is 10.8. The van der Waals surface area contributed by atoms with Crippen molar-refractivity contribution in [2.75, 3.05) is 30.9 Å². The molecular formula is C9H14N6. The van der Waals surface area contributed by atoms with Crippen molar-refractivity contribution in [3.63, 3.8) is 0 Å². The third-order valence-electron chi connectivity index (χ3n) is 2.33. The molecule has 0 aliphatic heterocycles. The van der Waals surface area contributed by atoms with Crippen molar-refractivity contribution >= 4 is 22.9 Å². The van der Waals surface area contributed by atoms with E-state index in [0.717, 1.165) is 17.9 Å². The molecule has 0 fully saturated rings. The van der Waals surface area contributed by atoms with Crippen LogP contribution in [0.5, 0.6) is 0 Å². The Balaban J connectivity index is 2.63. The number of aromatic nitrogens is 4. The molecule has 2 heterocycles. The van der Waals surface area contributed by atoms with Gasteiger partial charge in [-0.15, -0.1) is 0 Å². The first-order valence-corrected chi connectivity index (χ1v) is 4.86. The minimum atomic E-state index is 0.588. The van der Waals surface area contributed by atoms with Crippen LogP contribution in [-0.4, -0.2) is 40.6 Å². The average Bonchev–Trinajstić information content (AvgIpc) is 2.74. The minimum Gasteiger partial charge on any atom is -0.358 e. The highest BCUT2D eigenvalue weighted by atomic mass is 15.2. The molecule has 0 aliphatic carbocycles. The Labute approximate surface area is 87.8 Å². The van der Waals surface area contributed by atoms with Crippen LogP contribution >= 0.6 is 0 Å². The van der Waals surface area contributed by atoms with Crippen LogP contribution in [0.3, 0.4) is 0 Å². The molecule has 6 heteroatoms. The van der Waals surface area contributed by atoms with Crippen molar-refractivity contribution in [1.82, 2.24) is 19.9 Å². The molecule has 0 radical (unpaired) electrons. The summed E-state index contributed by atoms with van der Waals surface area (Å²) in [6.45, 7) is 2.96. The lowest BCUT2D eigenvalue weighted by Crippen LogP contribution is -2.18. The highest BCUT2D eigenvalue weighted by molar-refractivity contribution is 5.84. The number of fused-ring (bicyclic) bond motifs is 1. The molecule has 0 amide bonds. The molecule has 80 valence electrons. The number of imidazole rings is 1. The molecule has 6 nitrogen and oxygen atoms in total. The molecule has 2 rings (SSSR count). The van der Waals surface area contributed by atoms with Crippen LogP contribution < -0.4 is 10.2 Å². The van der Waals surface area contributed by atoms with Crippen LogP contribution in [0.15, 0.2) is 6.33 Å². The molecular weight excluding hydrogens is 192 g/mol. The summed E-state index contributed by atoms with van der Waals surface area (Å²) in [7, 11) is 3.78. The standard InChI is InChI=1S/C9H14N6/c1-4-15(3)8-6-7(12-5-11-6)13-9(10-2)14-8/h5H,4H2,1-3H3,(H2,10,11,12,13,14). The second-order valence-electron chi connectivity index (χ2n) is 3.24. The van der Waals surface area contributed by atoms with E-state index in [0.29, 0.717) is 11.6 Å². The van der Waals surface area contributed by atoms with Crippen molar-refractivity contribution in [3.8, 4) is 0 Å². The van der Waals surface area contributed by atoms with E-state index in [1.807, 2.05) is 11.9 Å². The molecule has 0 spiro atoms. The van der Waals surface area contributed by atoms with Crippen molar-refractivity contribution in [3.05, 3.63) is 6.33 Å². The topological polar surface area (TPSA) is 69.7 Å². The van der Waals surface area contributed by atoms with Gasteiger partial charge in [0.1, 0.15) is 5.52 Å². The van der Waals surface area contributed by atoms with E-state index in [2.05, 4.69) is 32.2 Å². The molecule has 2 N–H and O–H groups in total. The smallest absolute Gasteiger partial charge is 0.226 e. The van der Waals surface area contributed by atoms with E-state index in [9.17, 15) is 0 Å². The van der Waals surface area contributed by atoms with E-state index < -0.39 is 0 Å². The van der Waals surface area contributed by atoms with E-state index in [1.54, 1.807) is 13.4 Å². The molecule has 0 unspecified atom stereocenters. The lowest BCUT2D eigenvalue weighted by Gasteiger charge is -2.16. The molecule has 15 heavy (non-hydrogen) atoms. The Bertz CT molecular complexity index is 463. The van der Waals surface area contributed by atoms with Gasteiger partial charge in [-0.25, -0.2) is 4.98 Å². The predicted molar refractivity (Wildman–Crippen MR) is 60.2 cm³/mol. The van der Waals surface area contributed by atoms with Gasteiger partial charge in [0.15, 0.2) is 11.5 Å². The number of aromatic amines is 1. The number of H-pyrrole nitrogens is 1. The summed E-state index contributed by atoms with van der Waals surface area (Å²) in [5.41, 5.74) is 1.56. The van der Waals surface area contributed by atoms with Crippen LogP contribution in [-0.2, 0) is 0 Å². The molecule has 0 saturated carbocycles. The van der Waals surface area contributed by atoms with E-state index in [4.69, 9.17) is 0 Å². The Morgan fingerprint density at radius 1 is 1.47 bits per heavy atom. The van der Waals surface area contributed by atoms with Gasteiger partial charge in [-0.05, 0) is 6.92 Å². The summed E-state index contributed by atoms with van der Waals surface area (Å²) in [4.78, 5) is 17.9. The highest BCUT2D eigenvalue weighted by Gasteiger charge is 2.11. The molecule has 0 saturated heterocycles. The average molecular weight is 206 g/mol. The van der Waals surface area contributed by atoms with Gasteiger partial charge < -0.3 is 15.2 Å². The van der Waals surface area contributed by atoms with Gasteiger partial charge in [0.25, 0.3) is 0 Å². The summed E-state index contributed by atoms with van der Waals surface area (Å²) in [6.07, 6.45) is 1.63. The fourth-order valence-corrected chi connectivity index (χ4v) is 1.36. The van der Waals surface area contributed by atoms with Gasteiger partial charge in [0.2, 0.25) is 5.95 Å². The lowest BCUT2D eigenvalue weighted by atomic mass is 10.4. The van der Waals surface area contributed by atoms with Gasteiger partial charge in [0.05, 0.1) is 6.33 Å². The van der Waals surface area contributed by atoms with Crippen LogP contribution in [0.4, 0.5) is 11.8 Å². The van der Waals surface area contributed by atoms with Gasteiger partial charge in [-0.1, -0.05) is 0 Å². The Hall–Kier alpha value is -1.85. The maximum atomic E-state index is 4.39. The lowest BCUT2D eigenvalue weighted by molar-refractivity contribution is 0.938. The quantitative estimate of drug-likeness (QED) is 0.779. The first-order valence-electron chi connectivity index (χ1n) is 4.86. The zero-order valence-corrected chi connectivity index (χ0v) is 9.07. The molecule has 2 aromatic heterocycles. The van der Waals surface area contributed by atoms with Crippen molar-refractivity contribution in [2.24, 2.45) is 0 Å². The Morgan fingerprint density at radius 3 is 2.93 bits per heavy atom. The van der Waals surface area contributed by atoms with Crippen molar-refractivity contribution < 1.29 is 0 Å².